The van der Waals surface area contributed by atoms with Gasteiger partial charge >= 0.3 is 0 Å². The van der Waals surface area contributed by atoms with E-state index in [4.69, 9.17) is 10.4 Å². The van der Waals surface area contributed by atoms with Crippen LogP contribution >= 0.6 is 0 Å². The van der Waals surface area contributed by atoms with Gasteiger partial charge < -0.3 is 0 Å². The predicted octanol–water partition coefficient (Wildman–Crippen LogP) is 0.200. The summed E-state index contributed by atoms with van der Waals surface area (Å²) in [7, 11) is 0. The lowest BCUT2D eigenvalue weighted by molar-refractivity contribution is -0.176. The molecular formula is C4H8N2O2. The van der Waals surface area contributed by atoms with Crippen LogP contribution in [0.2, 0.25) is 0 Å². The van der Waals surface area contributed by atoms with Gasteiger partial charge in [0.1, 0.15) is 6.17 Å². The van der Waals surface area contributed by atoms with E-state index in [1.165, 1.54) is 12.4 Å². The van der Waals surface area contributed by atoms with Crippen molar-refractivity contribution in [2.75, 3.05) is 0 Å². The molecule has 4 nitrogen and oxygen atoms in total. The second-order valence-electron chi connectivity index (χ2n) is 1.69. The molecule has 0 bridgehead atoms. The maximum absolute atomic E-state index is 8.71. The molecule has 0 spiro atoms. The van der Waals surface area contributed by atoms with E-state index in [0.717, 1.165) is 10.1 Å². The molecule has 1 aliphatic rings. The second-order valence-corrected chi connectivity index (χ2v) is 1.69. The quantitative estimate of drug-likeness (QED) is 0.474. The first kappa shape index (κ1) is 5.40. The zero-order valence-electron chi connectivity index (χ0n) is 4.52. The lowest BCUT2D eigenvalue weighted by Crippen LogP contribution is -2.31. The fourth-order valence-electron chi connectivity index (χ4n) is 0.507. The summed E-state index contributed by atoms with van der Waals surface area (Å²) in [6.45, 7) is 1.67. The molecule has 1 aliphatic heterocycles. The van der Waals surface area contributed by atoms with E-state index in [9.17, 15) is 0 Å². The van der Waals surface area contributed by atoms with Gasteiger partial charge in [0, 0.05) is 12.4 Å². The summed E-state index contributed by atoms with van der Waals surface area (Å²) >= 11 is 0. The minimum Gasteiger partial charge on any atom is -0.287 e. The lowest BCUT2D eigenvalue weighted by atomic mass is 10.6. The van der Waals surface area contributed by atoms with Crippen LogP contribution < -0.4 is 0 Å². The van der Waals surface area contributed by atoms with Crippen LogP contribution in [0.5, 0.6) is 0 Å². The Bertz CT molecular complexity index is 103. The highest BCUT2D eigenvalue weighted by molar-refractivity contribution is 4.85. The third-order valence-corrected chi connectivity index (χ3v) is 1.14. The largest absolute Gasteiger partial charge is 0.287 e. The van der Waals surface area contributed by atoms with Crippen LogP contribution in [0.15, 0.2) is 12.4 Å². The fraction of sp³-hybridized carbons (Fsp3) is 0.500. The number of hydroxylamine groups is 4. The van der Waals surface area contributed by atoms with Crippen molar-refractivity contribution in [2.24, 2.45) is 0 Å². The van der Waals surface area contributed by atoms with Gasteiger partial charge in [0.05, 0.1) is 0 Å². The highest BCUT2D eigenvalue weighted by atomic mass is 16.6. The van der Waals surface area contributed by atoms with E-state index in [1.807, 2.05) is 0 Å². The van der Waals surface area contributed by atoms with Crippen LogP contribution in [0, 0.1) is 0 Å². The Morgan fingerprint density at radius 2 is 1.62 bits per heavy atom. The predicted molar refractivity (Wildman–Crippen MR) is 25.9 cm³/mol. The number of hydrogen-bond acceptors (Lipinski definition) is 4. The third kappa shape index (κ3) is 0.635. The molecular weight excluding hydrogens is 108 g/mol. The van der Waals surface area contributed by atoms with E-state index >= 15 is 0 Å². The zero-order chi connectivity index (χ0) is 6.15. The molecule has 0 saturated heterocycles. The molecule has 0 atom stereocenters. The summed E-state index contributed by atoms with van der Waals surface area (Å²) in [5.74, 6) is 0. The highest BCUT2D eigenvalue weighted by Crippen LogP contribution is 2.07. The Hall–Kier alpha value is -0.740. The maximum atomic E-state index is 8.71. The molecule has 0 aromatic rings. The van der Waals surface area contributed by atoms with Crippen LogP contribution in [0.25, 0.3) is 0 Å². The molecule has 4 heteroatoms. The van der Waals surface area contributed by atoms with Gasteiger partial charge in [0.2, 0.25) is 0 Å². The van der Waals surface area contributed by atoms with E-state index in [0.29, 0.717) is 0 Å². The Labute approximate surface area is 47.2 Å². The van der Waals surface area contributed by atoms with Gasteiger partial charge in [0.25, 0.3) is 0 Å². The molecule has 0 aromatic carbocycles. The van der Waals surface area contributed by atoms with Crippen LogP contribution in [0.4, 0.5) is 0 Å². The molecule has 0 unspecified atom stereocenters. The molecule has 8 heavy (non-hydrogen) atoms. The monoisotopic (exact) mass is 116 g/mol. The summed E-state index contributed by atoms with van der Waals surface area (Å²) in [6.07, 6.45) is 2.41. The molecule has 0 amide bonds. The minimum atomic E-state index is -0.352. The van der Waals surface area contributed by atoms with E-state index in [2.05, 4.69) is 0 Å². The molecule has 2 N–H and O–H groups in total. The molecule has 0 aromatic heterocycles. The topological polar surface area (TPSA) is 46.9 Å². The maximum Gasteiger partial charge on any atom is 0.148 e. The second kappa shape index (κ2) is 1.65. The van der Waals surface area contributed by atoms with Crippen molar-refractivity contribution >= 4 is 0 Å². The smallest absolute Gasteiger partial charge is 0.148 e. The van der Waals surface area contributed by atoms with Gasteiger partial charge in [-0.2, -0.15) is 0 Å². The van der Waals surface area contributed by atoms with E-state index in [1.54, 1.807) is 6.92 Å². The van der Waals surface area contributed by atoms with Crippen molar-refractivity contribution in [3.8, 4) is 0 Å². The standard InChI is InChI=1S/C4H8N2O2/c1-4-5(7)2-3-6(4)8/h2-4,7-8H,1H3. The SMILES string of the molecule is CC1N(O)C=CN1O. The highest BCUT2D eigenvalue weighted by Gasteiger charge is 2.17. The van der Waals surface area contributed by atoms with Gasteiger partial charge in [-0.3, -0.25) is 10.4 Å². The van der Waals surface area contributed by atoms with Gasteiger partial charge in [-0.15, -0.1) is 0 Å². The molecule has 0 saturated carbocycles. The van der Waals surface area contributed by atoms with Crippen molar-refractivity contribution in [3.05, 3.63) is 12.4 Å². The molecule has 1 rings (SSSR count). The molecule has 1 heterocycles. The zero-order valence-corrected chi connectivity index (χ0v) is 4.52. The van der Waals surface area contributed by atoms with Gasteiger partial charge in [0.15, 0.2) is 0 Å². The average Bonchev–Trinajstić information content (AvgIpc) is 1.98. The van der Waals surface area contributed by atoms with Crippen LogP contribution in [-0.4, -0.2) is 26.7 Å². The number of hydrogen-bond donors (Lipinski definition) is 2. The summed E-state index contributed by atoms with van der Waals surface area (Å²) in [4.78, 5) is 0. The summed E-state index contributed by atoms with van der Waals surface area (Å²) in [5, 5.41) is 19.3. The molecule has 0 fully saturated rings. The normalized spacial score (nSPS) is 20.9. The Morgan fingerprint density at radius 1 is 1.25 bits per heavy atom. The minimum absolute atomic E-state index is 0.352. The van der Waals surface area contributed by atoms with Crippen molar-refractivity contribution in [3.63, 3.8) is 0 Å². The van der Waals surface area contributed by atoms with Crippen LogP contribution in [0.3, 0.4) is 0 Å². The first-order valence-electron chi connectivity index (χ1n) is 2.34. The summed E-state index contributed by atoms with van der Waals surface area (Å²) in [5.41, 5.74) is 0. The van der Waals surface area contributed by atoms with Crippen molar-refractivity contribution in [2.45, 2.75) is 13.1 Å². The fourth-order valence-corrected chi connectivity index (χ4v) is 0.507. The molecule has 0 aliphatic carbocycles. The number of nitrogens with zero attached hydrogens (tertiary/aromatic N) is 2. The number of rotatable bonds is 0. The van der Waals surface area contributed by atoms with Gasteiger partial charge in [-0.25, -0.2) is 10.1 Å². The Kier molecular flexibility index (Phi) is 1.11. The average molecular weight is 116 g/mol. The van der Waals surface area contributed by atoms with E-state index < -0.39 is 0 Å². The van der Waals surface area contributed by atoms with Gasteiger partial charge in [-0.05, 0) is 6.92 Å². The van der Waals surface area contributed by atoms with Crippen LogP contribution in [-0.2, 0) is 0 Å². The summed E-state index contributed by atoms with van der Waals surface area (Å²) < 4.78 is 0. The third-order valence-electron chi connectivity index (χ3n) is 1.14. The first-order chi connectivity index (χ1) is 3.72. The van der Waals surface area contributed by atoms with Crippen molar-refractivity contribution in [1.29, 1.82) is 0 Å². The van der Waals surface area contributed by atoms with Crippen LogP contribution in [0.1, 0.15) is 6.92 Å². The van der Waals surface area contributed by atoms with E-state index in [-0.39, 0.29) is 6.17 Å². The Morgan fingerprint density at radius 3 is 1.75 bits per heavy atom. The molecule has 46 valence electrons. The van der Waals surface area contributed by atoms with Gasteiger partial charge in [-0.1, -0.05) is 0 Å². The molecule has 0 radical (unpaired) electrons. The summed E-state index contributed by atoms with van der Waals surface area (Å²) in [6, 6.07) is 0. The Balaban J connectivity index is 2.55. The first-order valence-corrected chi connectivity index (χ1v) is 2.34. The van der Waals surface area contributed by atoms with Crippen molar-refractivity contribution in [1.82, 2.24) is 10.1 Å². The lowest BCUT2D eigenvalue weighted by Gasteiger charge is -2.18. The van der Waals surface area contributed by atoms with Crippen molar-refractivity contribution < 1.29 is 10.4 Å².